The van der Waals surface area contributed by atoms with Crippen LogP contribution in [-0.4, -0.2) is 54.5 Å². The predicted molar refractivity (Wildman–Crippen MR) is 203 cm³/mol. The second-order valence-electron chi connectivity index (χ2n) is 14.8. The van der Waals surface area contributed by atoms with Crippen molar-refractivity contribution >= 4 is 34.3 Å². The Labute approximate surface area is 306 Å². The SMILES string of the molecule is CN=C1N=C(N)C(CNCC(F)(F)F)(c2cccc(CC(C)C)c2)CCCC(C)(C)CSCCc2c(c(F)cc3[nH]ccc23)Oc2ccc(F)c1c2. The van der Waals surface area contributed by atoms with Gasteiger partial charge in [-0.25, -0.2) is 13.8 Å². The standard InChI is InChI=1S/C40H48F5N5OS/c1-25(2)18-26-8-6-9-27(19-26)39(22-48-23-40(43,44)45)15-7-14-38(3,4)24-52-17-13-30-29-12-16-49-34(29)21-33(42)35(30)51-28-10-11-32(41)31(20-28)36(47-5)50-37(39)46/h6,8-12,16,19-21,25,48-49H,7,13-15,17-18,22-24H2,1-5H3,(H2,46,47,50). The fourth-order valence-corrected chi connectivity index (χ4v) is 8.13. The summed E-state index contributed by atoms with van der Waals surface area (Å²) in [5.74, 6) is 0.767. The maximum Gasteiger partial charge on any atom is 0.401 e. The number of amidine groups is 2. The highest BCUT2D eigenvalue weighted by molar-refractivity contribution is 7.99. The third-order valence-corrected chi connectivity index (χ3v) is 11.0. The van der Waals surface area contributed by atoms with Crippen LogP contribution in [0.25, 0.3) is 10.9 Å². The number of aliphatic imine (C=N–C) groups is 2. The molecule has 0 aliphatic carbocycles. The second kappa shape index (κ2) is 16.4. The normalized spacial score (nSPS) is 19.9. The number of rotatable bonds is 6. The molecule has 6 nitrogen and oxygen atoms in total. The Kier molecular flexibility index (Phi) is 12.4. The molecule has 0 fully saturated rings. The van der Waals surface area contributed by atoms with E-state index in [0.717, 1.165) is 35.1 Å². The summed E-state index contributed by atoms with van der Waals surface area (Å²) in [4.78, 5) is 12.1. The van der Waals surface area contributed by atoms with E-state index in [2.05, 4.69) is 43.0 Å². The summed E-state index contributed by atoms with van der Waals surface area (Å²) in [5, 5.41) is 3.47. The first-order chi connectivity index (χ1) is 24.6. The monoisotopic (exact) mass is 741 g/mol. The highest BCUT2D eigenvalue weighted by Gasteiger charge is 2.39. The molecule has 4 N–H and O–H groups in total. The van der Waals surface area contributed by atoms with Gasteiger partial charge in [0, 0.05) is 42.3 Å². The van der Waals surface area contributed by atoms with Gasteiger partial charge in [-0.3, -0.25) is 4.99 Å². The molecule has 5 rings (SSSR count). The molecule has 1 aliphatic heterocycles. The Morgan fingerprint density at radius 3 is 2.58 bits per heavy atom. The van der Waals surface area contributed by atoms with Gasteiger partial charge in [0.1, 0.15) is 17.4 Å². The van der Waals surface area contributed by atoms with Gasteiger partial charge in [-0.15, -0.1) is 0 Å². The quantitative estimate of drug-likeness (QED) is 0.172. The van der Waals surface area contributed by atoms with E-state index >= 15 is 8.78 Å². The van der Waals surface area contributed by atoms with Crippen molar-refractivity contribution in [3.8, 4) is 11.5 Å². The summed E-state index contributed by atoms with van der Waals surface area (Å²) < 4.78 is 78.2. The smallest absolute Gasteiger partial charge is 0.401 e. The summed E-state index contributed by atoms with van der Waals surface area (Å²) in [6, 6.07) is 15.0. The predicted octanol–water partition coefficient (Wildman–Crippen LogP) is 9.75. The largest absolute Gasteiger partial charge is 0.454 e. The maximum absolute atomic E-state index is 15.7. The molecule has 0 spiro atoms. The van der Waals surface area contributed by atoms with Gasteiger partial charge in [-0.1, -0.05) is 58.4 Å². The molecule has 0 saturated heterocycles. The van der Waals surface area contributed by atoms with Crippen LogP contribution in [0.3, 0.4) is 0 Å². The van der Waals surface area contributed by atoms with E-state index in [1.165, 1.54) is 31.3 Å². The third-order valence-electron chi connectivity index (χ3n) is 9.52. The lowest BCUT2D eigenvalue weighted by molar-refractivity contribution is -0.125. The summed E-state index contributed by atoms with van der Waals surface area (Å²) >= 11 is 1.75. The number of hydrogen-bond donors (Lipinski definition) is 3. The minimum absolute atomic E-state index is 0.00901. The molecular weight excluding hydrogens is 694 g/mol. The van der Waals surface area contributed by atoms with Crippen molar-refractivity contribution < 1.29 is 26.7 Å². The molecular formula is C40H48F5N5OS. The molecule has 1 aromatic heterocycles. The molecule has 1 unspecified atom stereocenters. The van der Waals surface area contributed by atoms with Crippen LogP contribution >= 0.6 is 11.8 Å². The van der Waals surface area contributed by atoms with Crippen molar-refractivity contribution in [1.82, 2.24) is 10.3 Å². The van der Waals surface area contributed by atoms with Crippen molar-refractivity contribution in [1.29, 1.82) is 0 Å². The molecule has 4 aromatic rings. The van der Waals surface area contributed by atoms with E-state index in [9.17, 15) is 13.2 Å². The zero-order valence-corrected chi connectivity index (χ0v) is 31.2. The van der Waals surface area contributed by atoms with Crippen LogP contribution in [0.2, 0.25) is 0 Å². The van der Waals surface area contributed by atoms with Crippen LogP contribution in [0.5, 0.6) is 11.5 Å². The molecule has 280 valence electrons. The summed E-state index contributed by atoms with van der Waals surface area (Å²) in [5.41, 5.74) is 8.67. The molecule has 0 saturated carbocycles. The van der Waals surface area contributed by atoms with Gasteiger partial charge in [-0.05, 0) is 83.9 Å². The number of halogens is 5. The number of nitrogens with zero attached hydrogens (tertiary/aromatic N) is 2. The van der Waals surface area contributed by atoms with Crippen molar-refractivity contribution in [3.63, 3.8) is 0 Å². The number of alkyl halides is 3. The lowest BCUT2D eigenvalue weighted by Gasteiger charge is -2.36. The van der Waals surface area contributed by atoms with Crippen molar-refractivity contribution in [2.75, 3.05) is 31.6 Å². The van der Waals surface area contributed by atoms with Crippen LogP contribution in [0.1, 0.15) is 69.2 Å². The van der Waals surface area contributed by atoms with Crippen LogP contribution in [-0.2, 0) is 18.3 Å². The van der Waals surface area contributed by atoms with Gasteiger partial charge < -0.3 is 20.8 Å². The Morgan fingerprint density at radius 1 is 1.06 bits per heavy atom. The van der Waals surface area contributed by atoms with Crippen molar-refractivity contribution in [2.45, 2.75) is 71.4 Å². The maximum atomic E-state index is 15.7. The molecule has 2 bridgehead atoms. The van der Waals surface area contributed by atoms with E-state index in [4.69, 9.17) is 15.5 Å². The van der Waals surface area contributed by atoms with Crippen LogP contribution in [0, 0.1) is 23.0 Å². The molecule has 52 heavy (non-hydrogen) atoms. The van der Waals surface area contributed by atoms with E-state index in [1.807, 2.05) is 30.3 Å². The van der Waals surface area contributed by atoms with Gasteiger partial charge in [-0.2, -0.15) is 24.9 Å². The molecule has 12 heteroatoms. The number of ether oxygens (including phenoxy) is 1. The Hall–Kier alpha value is -3.90. The molecule has 3 aromatic carbocycles. The number of benzene rings is 3. The van der Waals surface area contributed by atoms with Crippen LogP contribution in [0.4, 0.5) is 22.0 Å². The Bertz CT molecular complexity index is 1920. The van der Waals surface area contributed by atoms with E-state index < -0.39 is 29.8 Å². The number of fused-ring (bicyclic) bond motifs is 5. The lowest BCUT2D eigenvalue weighted by Crippen LogP contribution is -2.51. The molecule has 0 amide bonds. The number of aromatic amines is 1. The van der Waals surface area contributed by atoms with E-state index in [-0.39, 0.29) is 40.7 Å². The van der Waals surface area contributed by atoms with Gasteiger partial charge in [0.05, 0.1) is 17.5 Å². The zero-order valence-electron chi connectivity index (χ0n) is 30.4. The topological polar surface area (TPSA) is 87.8 Å². The van der Waals surface area contributed by atoms with Gasteiger partial charge >= 0.3 is 6.18 Å². The summed E-state index contributed by atoms with van der Waals surface area (Å²) in [7, 11) is 1.44. The fraction of sp³-hybridized carbons (Fsp3) is 0.450. The number of aromatic nitrogens is 1. The van der Waals surface area contributed by atoms with Crippen LogP contribution < -0.4 is 15.8 Å². The van der Waals surface area contributed by atoms with Crippen LogP contribution in [0.15, 0.2) is 70.8 Å². The minimum atomic E-state index is -4.45. The average molecular weight is 742 g/mol. The number of H-pyrrole nitrogens is 1. The number of nitrogens with one attached hydrogen (secondary N) is 2. The number of nitrogens with two attached hydrogens (primary N) is 1. The highest BCUT2D eigenvalue weighted by atomic mass is 32.2. The molecule has 0 radical (unpaired) electrons. The third kappa shape index (κ3) is 9.55. The summed E-state index contributed by atoms with van der Waals surface area (Å²) in [6.07, 6.45) is 0.356. The average Bonchev–Trinajstić information content (AvgIpc) is 3.53. The summed E-state index contributed by atoms with van der Waals surface area (Å²) in [6.45, 7) is 7.16. The first kappa shape index (κ1) is 39.3. The second-order valence-corrected chi connectivity index (χ2v) is 15.9. The molecule has 1 aliphatic rings. The first-order valence-corrected chi connectivity index (χ1v) is 18.8. The lowest BCUT2D eigenvalue weighted by atomic mass is 9.73. The Balaban J connectivity index is 1.67. The Morgan fingerprint density at radius 2 is 1.85 bits per heavy atom. The van der Waals surface area contributed by atoms with Crippen molar-refractivity contribution in [2.24, 2.45) is 27.1 Å². The molecule has 2 heterocycles. The van der Waals surface area contributed by atoms with E-state index in [0.29, 0.717) is 42.0 Å². The van der Waals surface area contributed by atoms with Gasteiger partial charge in [0.25, 0.3) is 0 Å². The molecule has 1 atom stereocenters. The van der Waals surface area contributed by atoms with Gasteiger partial charge in [0.2, 0.25) is 0 Å². The van der Waals surface area contributed by atoms with Gasteiger partial charge in [0.15, 0.2) is 17.4 Å². The minimum Gasteiger partial charge on any atom is -0.454 e. The highest BCUT2D eigenvalue weighted by Crippen LogP contribution is 2.39. The first-order valence-electron chi connectivity index (χ1n) is 17.6. The number of aryl methyl sites for hydroxylation is 1. The number of hydrogen-bond acceptors (Lipinski definition) is 5. The van der Waals surface area contributed by atoms with Crippen molar-refractivity contribution in [3.05, 3.63) is 94.7 Å². The fourth-order valence-electron chi connectivity index (χ4n) is 6.94. The van der Waals surface area contributed by atoms with E-state index in [1.54, 1.807) is 18.0 Å². The zero-order chi connectivity index (χ0) is 37.7. The number of thioether (sulfide) groups is 1.